The minimum absolute atomic E-state index is 0.00768. The highest BCUT2D eigenvalue weighted by molar-refractivity contribution is 8.02. The molecule has 4 rings (SSSR count). The van der Waals surface area contributed by atoms with Gasteiger partial charge < -0.3 is 19.8 Å². The monoisotopic (exact) mass is 489 g/mol. The van der Waals surface area contributed by atoms with Crippen molar-refractivity contribution < 1.29 is 19.5 Å². The molecular weight excluding hydrogens is 450 g/mol. The van der Waals surface area contributed by atoms with E-state index in [9.17, 15) is 14.4 Å². The number of amides is 3. The normalized spacial score (nSPS) is 34.9. The summed E-state index contributed by atoms with van der Waals surface area (Å²) in [7, 11) is 1.80. The van der Waals surface area contributed by atoms with Gasteiger partial charge in [0.15, 0.2) is 0 Å². The van der Waals surface area contributed by atoms with Gasteiger partial charge in [-0.05, 0) is 26.2 Å². The fraction of sp³-hybridized carbons (Fsp3) is 0.731. The highest BCUT2D eigenvalue weighted by Gasteiger charge is 2.73. The van der Waals surface area contributed by atoms with Crippen molar-refractivity contribution in [3.05, 3.63) is 24.3 Å². The van der Waals surface area contributed by atoms with E-state index in [1.807, 2.05) is 11.0 Å². The molecule has 7 nitrogen and oxygen atoms in total. The van der Waals surface area contributed by atoms with Crippen molar-refractivity contribution in [3.8, 4) is 0 Å². The molecule has 2 fully saturated rings. The average molecular weight is 490 g/mol. The molecule has 0 aromatic rings. The Hall–Kier alpha value is -1.80. The molecule has 0 aliphatic carbocycles. The highest BCUT2D eigenvalue weighted by Crippen LogP contribution is 2.65. The molecule has 1 N–H and O–H groups in total. The lowest BCUT2D eigenvalue weighted by Crippen LogP contribution is -2.53. The second-order valence-electron chi connectivity index (χ2n) is 10.3. The van der Waals surface area contributed by atoms with Crippen LogP contribution in [0.15, 0.2) is 24.3 Å². The quantitative estimate of drug-likeness (QED) is 0.398. The van der Waals surface area contributed by atoms with Gasteiger partial charge >= 0.3 is 0 Å². The number of carbonyl (C=O) groups excluding carboxylic acids is 3. The first kappa shape index (κ1) is 25.3. The Kier molecular flexibility index (Phi) is 7.48. The number of unbranched alkanes of at least 4 members (excludes halogenated alkanes) is 4. The van der Waals surface area contributed by atoms with Gasteiger partial charge in [0.25, 0.3) is 0 Å². The lowest BCUT2D eigenvalue weighted by molar-refractivity contribution is -0.144. The van der Waals surface area contributed by atoms with E-state index in [0.29, 0.717) is 26.2 Å². The molecule has 4 aliphatic rings. The van der Waals surface area contributed by atoms with E-state index < -0.39 is 27.4 Å². The molecule has 5 atom stereocenters. The van der Waals surface area contributed by atoms with Gasteiger partial charge in [0.1, 0.15) is 6.04 Å². The predicted octanol–water partition coefficient (Wildman–Crippen LogP) is 2.45. The first-order valence-electron chi connectivity index (χ1n) is 12.8. The highest BCUT2D eigenvalue weighted by atomic mass is 32.2. The van der Waals surface area contributed by atoms with Crippen LogP contribution in [0.3, 0.4) is 0 Å². The van der Waals surface area contributed by atoms with Gasteiger partial charge in [-0.2, -0.15) is 0 Å². The molecule has 8 heteroatoms. The van der Waals surface area contributed by atoms with Crippen LogP contribution in [-0.2, 0) is 14.4 Å². The summed E-state index contributed by atoms with van der Waals surface area (Å²) in [5.41, 5.74) is 0. The van der Waals surface area contributed by atoms with Crippen molar-refractivity contribution in [2.24, 2.45) is 11.8 Å². The fourth-order valence-electron chi connectivity index (χ4n) is 6.23. The zero-order chi connectivity index (χ0) is 24.5. The third kappa shape index (κ3) is 4.11. The molecule has 0 bridgehead atoms. The number of aliphatic hydroxyl groups excluding tert-OH is 1. The number of hydrogen-bond acceptors (Lipinski definition) is 5. The van der Waals surface area contributed by atoms with Crippen LogP contribution in [0, 0.1) is 11.8 Å². The van der Waals surface area contributed by atoms with Crippen molar-refractivity contribution in [1.29, 1.82) is 0 Å². The van der Waals surface area contributed by atoms with E-state index in [0.717, 1.165) is 38.5 Å². The number of rotatable bonds is 9. The Bertz CT molecular complexity index is 876. The van der Waals surface area contributed by atoms with Gasteiger partial charge in [0.2, 0.25) is 17.7 Å². The summed E-state index contributed by atoms with van der Waals surface area (Å²) in [6, 6.07) is -0.585. The average Bonchev–Trinajstić information content (AvgIpc) is 3.08. The van der Waals surface area contributed by atoms with Gasteiger partial charge in [0.05, 0.1) is 16.6 Å². The lowest BCUT2D eigenvalue weighted by Gasteiger charge is -2.37. The molecule has 0 radical (unpaired) electrons. The summed E-state index contributed by atoms with van der Waals surface area (Å²) in [5, 5.41) is 9.08. The van der Waals surface area contributed by atoms with Crippen molar-refractivity contribution in [2.75, 3.05) is 39.8 Å². The van der Waals surface area contributed by atoms with Crippen LogP contribution in [-0.4, -0.2) is 92.9 Å². The second kappa shape index (κ2) is 10.1. The first-order valence-corrected chi connectivity index (χ1v) is 13.6. The number of likely N-dealkylation sites (N-methyl/N-ethyl adjacent to an activating group) is 1. The third-order valence-electron chi connectivity index (χ3n) is 7.93. The summed E-state index contributed by atoms with van der Waals surface area (Å²) in [4.78, 5) is 47.1. The van der Waals surface area contributed by atoms with Gasteiger partial charge in [-0.15, -0.1) is 11.8 Å². The minimum Gasteiger partial charge on any atom is -0.396 e. The van der Waals surface area contributed by atoms with E-state index in [1.165, 1.54) is 0 Å². The minimum atomic E-state index is -0.738. The number of thioether (sulfide) groups is 1. The van der Waals surface area contributed by atoms with Crippen molar-refractivity contribution >= 4 is 29.5 Å². The Morgan fingerprint density at radius 2 is 1.68 bits per heavy atom. The van der Waals surface area contributed by atoms with Crippen LogP contribution < -0.4 is 0 Å². The summed E-state index contributed by atoms with van der Waals surface area (Å²) in [6.45, 7) is 6.63. The maximum absolute atomic E-state index is 14.1. The molecule has 34 heavy (non-hydrogen) atoms. The van der Waals surface area contributed by atoms with Crippen LogP contribution in [0.5, 0.6) is 0 Å². The van der Waals surface area contributed by atoms with E-state index in [1.54, 1.807) is 28.6 Å². The van der Waals surface area contributed by atoms with E-state index >= 15 is 0 Å². The zero-order valence-corrected chi connectivity index (χ0v) is 21.6. The Morgan fingerprint density at radius 1 is 0.941 bits per heavy atom. The lowest BCUT2D eigenvalue weighted by atomic mass is 9.74. The SMILES string of the molecule is CCCCN1CC=C[C@]23S[C@@]4(C)C=CCN(C)C(=O)[C@H]4[C@H]2C(=O)N(CCCCCCO)C3C1=O. The van der Waals surface area contributed by atoms with Crippen LogP contribution in [0.25, 0.3) is 0 Å². The van der Waals surface area contributed by atoms with E-state index in [-0.39, 0.29) is 24.3 Å². The van der Waals surface area contributed by atoms with Crippen molar-refractivity contribution in [1.82, 2.24) is 14.7 Å². The molecule has 0 saturated carbocycles. The number of fused-ring (bicyclic) bond motifs is 2. The van der Waals surface area contributed by atoms with Gasteiger partial charge in [-0.25, -0.2) is 0 Å². The first-order chi connectivity index (χ1) is 16.3. The van der Waals surface area contributed by atoms with E-state index in [4.69, 9.17) is 5.11 Å². The molecule has 0 aromatic heterocycles. The molecule has 2 saturated heterocycles. The van der Waals surface area contributed by atoms with Crippen LogP contribution >= 0.6 is 11.8 Å². The molecule has 3 amide bonds. The van der Waals surface area contributed by atoms with Gasteiger partial charge in [-0.1, -0.05) is 50.5 Å². The van der Waals surface area contributed by atoms with Crippen LogP contribution in [0.1, 0.15) is 52.4 Å². The molecule has 4 aliphatic heterocycles. The molecule has 1 unspecified atom stereocenters. The number of hydrogen-bond donors (Lipinski definition) is 1. The predicted molar refractivity (Wildman–Crippen MR) is 134 cm³/mol. The van der Waals surface area contributed by atoms with Gasteiger partial charge in [0, 0.05) is 44.6 Å². The summed E-state index contributed by atoms with van der Waals surface area (Å²) >= 11 is 1.65. The third-order valence-corrected chi connectivity index (χ3v) is 9.73. The number of nitrogens with zero attached hydrogens (tertiary/aromatic N) is 3. The van der Waals surface area contributed by atoms with Crippen molar-refractivity contribution in [3.63, 3.8) is 0 Å². The maximum atomic E-state index is 14.1. The molecule has 1 spiro atoms. The summed E-state index contributed by atoms with van der Waals surface area (Å²) in [5.74, 6) is -1.08. The summed E-state index contributed by atoms with van der Waals surface area (Å²) in [6.07, 6.45) is 13.5. The Morgan fingerprint density at radius 3 is 2.41 bits per heavy atom. The standard InChI is InChI=1S/C26H39N3O4S/c1-4-5-15-28-16-11-13-26-20(19-22(31)27(3)14-10-12-25(19,2)34-26)23(32)29(21(26)24(28)33)17-8-6-7-9-18-30/h10-13,19-21,30H,4-9,14-18H2,1-3H3/t19-,20+,21?,25+,26+/m1/s1. The Labute approximate surface area is 207 Å². The second-order valence-corrected chi connectivity index (χ2v) is 12.1. The smallest absolute Gasteiger partial charge is 0.247 e. The topological polar surface area (TPSA) is 81.2 Å². The molecular formula is C26H39N3O4S. The molecule has 4 heterocycles. The summed E-state index contributed by atoms with van der Waals surface area (Å²) < 4.78 is -1.27. The van der Waals surface area contributed by atoms with E-state index in [2.05, 4.69) is 32.1 Å². The molecule has 188 valence electrons. The Balaban J connectivity index is 1.73. The number of aliphatic hydroxyl groups is 1. The van der Waals surface area contributed by atoms with Gasteiger partial charge in [-0.3, -0.25) is 14.4 Å². The van der Waals surface area contributed by atoms with Crippen molar-refractivity contribution in [2.45, 2.75) is 67.9 Å². The number of likely N-dealkylation sites (tertiary alicyclic amines) is 1. The van der Waals surface area contributed by atoms with Crippen LogP contribution in [0.2, 0.25) is 0 Å². The maximum Gasteiger partial charge on any atom is 0.247 e. The fourth-order valence-corrected chi connectivity index (χ4v) is 8.39. The number of carbonyl (C=O) groups is 3. The zero-order valence-electron chi connectivity index (χ0n) is 20.7. The molecule has 0 aromatic carbocycles. The largest absolute Gasteiger partial charge is 0.396 e. The van der Waals surface area contributed by atoms with Crippen LogP contribution in [0.4, 0.5) is 0 Å².